The molecule has 12 heavy (non-hydrogen) atoms. The van der Waals surface area contributed by atoms with Gasteiger partial charge in [0.2, 0.25) is 0 Å². The minimum atomic E-state index is -2.77. The molecule has 1 rings (SSSR count). The Morgan fingerprint density at radius 3 is 0.833 bits per heavy atom. The van der Waals surface area contributed by atoms with Crippen LogP contribution < -0.4 is 0 Å². The fraction of sp³-hybridized carbons (Fsp3) is 1.00. The van der Waals surface area contributed by atoms with Gasteiger partial charge in [0, 0.05) is 0 Å². The quantitative estimate of drug-likeness (QED) is 0.459. The maximum atomic E-state index is 6.15. The minimum absolute atomic E-state index is 0.693. The van der Waals surface area contributed by atoms with Crippen LogP contribution in [0, 0.1) is 0 Å². The molecule has 0 aromatic carbocycles. The average Bonchev–Trinajstić information content (AvgIpc) is 1.44. The second-order valence-corrected chi connectivity index (χ2v) is 53.2. The second-order valence-electron chi connectivity index (χ2n) is 3.10. The Labute approximate surface area is 105 Å². The predicted molar refractivity (Wildman–Crippen MR) is 66.8 cm³/mol. The van der Waals surface area contributed by atoms with Gasteiger partial charge in [-0.3, -0.25) is 0 Å². The van der Waals surface area contributed by atoms with Gasteiger partial charge < -0.3 is 0 Å². The molecule has 1 saturated heterocycles. The fourth-order valence-electron chi connectivity index (χ4n) is 1.32. The van der Waals surface area contributed by atoms with Gasteiger partial charge >= 0.3 is 107 Å². The molecule has 0 aromatic heterocycles. The molecule has 0 nitrogen and oxygen atoms in total. The van der Waals surface area contributed by atoms with Crippen LogP contribution in [0.1, 0.15) is 0 Å². The Morgan fingerprint density at radius 2 is 0.667 bits per heavy atom. The van der Waals surface area contributed by atoms with Crippen LogP contribution in [0.15, 0.2) is 0 Å². The number of rotatable bonds is 0. The topological polar surface area (TPSA) is 0 Å². The third-order valence-corrected chi connectivity index (χ3v) is 85.2. The molecule has 1 fully saturated rings. The first-order valence-corrected chi connectivity index (χ1v) is 28.7. The van der Waals surface area contributed by atoms with Gasteiger partial charge in [0.25, 0.3) is 0 Å². The van der Waals surface area contributed by atoms with Crippen molar-refractivity contribution in [3.8, 4) is 0 Å². The van der Waals surface area contributed by atoms with Gasteiger partial charge in [0.1, 0.15) is 0 Å². The molecule has 9 heteroatoms. The van der Waals surface area contributed by atoms with E-state index in [2.05, 4.69) is 0 Å². The fourth-order valence-corrected chi connectivity index (χ4v) is 153. The molecule has 0 atom stereocenters. The average molecular weight is 473 g/mol. The summed E-state index contributed by atoms with van der Waals surface area (Å²) in [5.74, 6) is 0. The monoisotopic (exact) mass is 474 g/mol. The molecule has 0 spiro atoms. The van der Waals surface area contributed by atoms with Gasteiger partial charge in [-0.05, 0) is 0 Å². The number of halogens is 6. The van der Waals surface area contributed by atoms with E-state index in [1.54, 1.807) is 0 Å². The van der Waals surface area contributed by atoms with E-state index in [0.29, 0.717) is 12.3 Å². The molecule has 0 aliphatic carbocycles. The molecule has 0 aromatic rings. The van der Waals surface area contributed by atoms with E-state index in [1.807, 2.05) is 0 Å². The molecule has 0 unspecified atom stereocenters. The molecule has 0 bridgehead atoms. The van der Waals surface area contributed by atoms with E-state index >= 15 is 0 Å². The van der Waals surface area contributed by atoms with E-state index < -0.39 is 34.2 Å². The molecular weight excluding hydrogens is 467 g/mol. The summed E-state index contributed by atoms with van der Waals surface area (Å²) in [5.41, 5.74) is 0. The summed E-state index contributed by atoms with van der Waals surface area (Å²) >= 11 is -8.31. The van der Waals surface area contributed by atoms with Crippen molar-refractivity contribution in [1.29, 1.82) is 0 Å². The van der Waals surface area contributed by atoms with Crippen molar-refractivity contribution in [3.05, 3.63) is 0 Å². The Kier molecular flexibility index (Phi) is 4.84. The molecular formula is C3H6Cl6Ge3. The molecule has 0 saturated carbocycles. The second kappa shape index (κ2) is 4.32. The Hall–Kier alpha value is 3.37. The third kappa shape index (κ3) is 4.48. The van der Waals surface area contributed by atoms with E-state index in [1.165, 1.54) is 0 Å². The van der Waals surface area contributed by atoms with Crippen molar-refractivity contribution in [3.63, 3.8) is 0 Å². The van der Waals surface area contributed by atoms with Crippen molar-refractivity contribution in [2.75, 3.05) is 0 Å². The van der Waals surface area contributed by atoms with Crippen molar-refractivity contribution < 1.29 is 0 Å². The zero-order valence-electron chi connectivity index (χ0n) is 5.89. The Bertz CT molecular complexity index is 145. The molecule has 0 amide bonds. The van der Waals surface area contributed by atoms with Crippen molar-refractivity contribution in [2.24, 2.45) is 0 Å². The number of hydrogen-bond donors (Lipinski definition) is 0. The van der Waals surface area contributed by atoms with Gasteiger partial charge in [-0.25, -0.2) is 0 Å². The molecule has 1 aliphatic rings. The number of hydrogen-bond acceptors (Lipinski definition) is 0. The van der Waals surface area contributed by atoms with E-state index in [0.717, 1.165) is 0 Å². The van der Waals surface area contributed by atoms with Crippen LogP contribution in [-0.4, -0.2) is 34.2 Å². The van der Waals surface area contributed by atoms with Crippen LogP contribution in [0.25, 0.3) is 0 Å². The first-order chi connectivity index (χ1) is 5.12. The predicted octanol–water partition coefficient (Wildman–Crippen LogP) is 4.38. The van der Waals surface area contributed by atoms with Crippen LogP contribution in [0.3, 0.4) is 0 Å². The van der Waals surface area contributed by atoms with Gasteiger partial charge in [-0.15, -0.1) is 0 Å². The zero-order valence-corrected chi connectivity index (χ0v) is 16.7. The summed E-state index contributed by atoms with van der Waals surface area (Å²) in [7, 11) is 36.9. The first-order valence-electron chi connectivity index (χ1n) is 3.26. The summed E-state index contributed by atoms with van der Waals surface area (Å²) in [6.45, 7) is 0. The van der Waals surface area contributed by atoms with E-state index in [4.69, 9.17) is 60.1 Å². The van der Waals surface area contributed by atoms with Gasteiger partial charge in [-0.1, -0.05) is 0 Å². The van der Waals surface area contributed by atoms with Crippen molar-refractivity contribution in [1.82, 2.24) is 0 Å². The van der Waals surface area contributed by atoms with Crippen LogP contribution in [0.4, 0.5) is 0 Å². The van der Waals surface area contributed by atoms with Gasteiger partial charge in [0.15, 0.2) is 0 Å². The zero-order chi connectivity index (χ0) is 9.62. The maximum absolute atomic E-state index is 6.15. The third-order valence-electron chi connectivity index (χ3n) is 1.55. The first kappa shape index (κ1) is 13.4. The van der Waals surface area contributed by atoms with E-state index in [9.17, 15) is 0 Å². The standard InChI is InChI=1S/C3H6Cl6Ge3/c4-10(5)1-11(6,7)3-12(8,9)2-10/h1-3H2. The van der Waals surface area contributed by atoms with Crippen LogP contribution in [-0.2, 0) is 0 Å². The van der Waals surface area contributed by atoms with Crippen molar-refractivity contribution >= 4 is 94.3 Å². The summed E-state index contributed by atoms with van der Waals surface area (Å²) in [4.78, 5) is 0. The Morgan fingerprint density at radius 1 is 0.500 bits per heavy atom. The van der Waals surface area contributed by atoms with Crippen molar-refractivity contribution in [2.45, 2.75) is 12.3 Å². The summed E-state index contributed by atoms with van der Waals surface area (Å²) < 4.78 is 2.08. The normalized spacial score (nSPS) is 31.5. The molecule has 0 radical (unpaired) electrons. The van der Waals surface area contributed by atoms with Crippen LogP contribution >= 0.6 is 60.1 Å². The van der Waals surface area contributed by atoms with Gasteiger partial charge in [-0.2, -0.15) is 0 Å². The molecule has 0 N–H and O–H groups in total. The summed E-state index contributed by atoms with van der Waals surface area (Å²) in [6.07, 6.45) is 0. The molecule has 1 aliphatic heterocycles. The van der Waals surface area contributed by atoms with E-state index in [-0.39, 0.29) is 0 Å². The van der Waals surface area contributed by atoms with Crippen LogP contribution in [0.2, 0.25) is 12.3 Å². The molecule has 1 heterocycles. The van der Waals surface area contributed by atoms with Crippen LogP contribution in [0.5, 0.6) is 0 Å². The Balaban J connectivity index is 2.81. The van der Waals surface area contributed by atoms with Gasteiger partial charge in [0.05, 0.1) is 0 Å². The molecule has 72 valence electrons. The summed E-state index contributed by atoms with van der Waals surface area (Å²) in [5, 5.41) is 0. The summed E-state index contributed by atoms with van der Waals surface area (Å²) in [6, 6.07) is 0. The SMILES string of the molecule is [Cl][Ge]1([Cl])[CH2][Ge]([Cl])([Cl])[CH2][Ge]([Cl])([Cl])[CH2]1.